The summed E-state index contributed by atoms with van der Waals surface area (Å²) in [5.41, 5.74) is 1.35. The molecular formula is C20H27N3O3S2. The van der Waals surface area contributed by atoms with Gasteiger partial charge in [-0.2, -0.15) is 0 Å². The van der Waals surface area contributed by atoms with Crippen LogP contribution in [0, 0.1) is 0 Å². The van der Waals surface area contributed by atoms with Crippen LogP contribution in [0.4, 0.5) is 0 Å². The van der Waals surface area contributed by atoms with Crippen molar-refractivity contribution in [2.75, 3.05) is 26.2 Å². The zero-order valence-electron chi connectivity index (χ0n) is 16.6. The van der Waals surface area contributed by atoms with Crippen LogP contribution in [-0.2, 0) is 22.8 Å². The van der Waals surface area contributed by atoms with Gasteiger partial charge in [0.1, 0.15) is 0 Å². The van der Waals surface area contributed by atoms with Crippen molar-refractivity contribution in [2.45, 2.75) is 43.9 Å². The van der Waals surface area contributed by atoms with E-state index >= 15 is 0 Å². The zero-order valence-corrected chi connectivity index (χ0v) is 18.2. The van der Waals surface area contributed by atoms with Crippen LogP contribution in [0.1, 0.15) is 41.8 Å². The fraction of sp³-hybridized carbons (Fsp3) is 0.500. The Morgan fingerprint density at radius 2 is 1.86 bits per heavy atom. The SMILES string of the molecule is CCc1nc(CN2CCN(C(=O)c3ccccc3S(=O)(=O)C(C)C)CC2)cs1. The van der Waals surface area contributed by atoms with Gasteiger partial charge in [-0.15, -0.1) is 11.3 Å². The van der Waals surface area contributed by atoms with E-state index in [0.29, 0.717) is 13.1 Å². The number of amides is 1. The molecule has 1 saturated heterocycles. The summed E-state index contributed by atoms with van der Waals surface area (Å²) in [4.78, 5) is 21.8. The van der Waals surface area contributed by atoms with Crippen LogP contribution >= 0.6 is 11.3 Å². The van der Waals surface area contributed by atoms with E-state index in [9.17, 15) is 13.2 Å². The highest BCUT2D eigenvalue weighted by atomic mass is 32.2. The number of aryl methyl sites for hydroxylation is 1. The van der Waals surface area contributed by atoms with Crippen molar-refractivity contribution in [2.24, 2.45) is 0 Å². The van der Waals surface area contributed by atoms with Crippen molar-refractivity contribution in [1.82, 2.24) is 14.8 Å². The van der Waals surface area contributed by atoms with Gasteiger partial charge in [-0.05, 0) is 32.4 Å². The van der Waals surface area contributed by atoms with E-state index in [1.807, 2.05) is 0 Å². The number of thiazole rings is 1. The van der Waals surface area contributed by atoms with E-state index in [1.54, 1.807) is 48.3 Å². The summed E-state index contributed by atoms with van der Waals surface area (Å²) in [5.74, 6) is -0.207. The molecule has 0 bridgehead atoms. The minimum Gasteiger partial charge on any atom is -0.336 e. The average Bonchev–Trinajstić information content (AvgIpc) is 3.15. The Morgan fingerprint density at radius 3 is 2.46 bits per heavy atom. The molecule has 1 aliphatic heterocycles. The van der Waals surface area contributed by atoms with Crippen LogP contribution in [0.5, 0.6) is 0 Å². The first-order valence-corrected chi connectivity index (χ1v) is 12.0. The molecule has 2 aromatic rings. The topological polar surface area (TPSA) is 70.6 Å². The van der Waals surface area contributed by atoms with Crippen molar-refractivity contribution >= 4 is 27.1 Å². The number of carbonyl (C=O) groups excluding carboxylic acids is 1. The highest BCUT2D eigenvalue weighted by Crippen LogP contribution is 2.23. The smallest absolute Gasteiger partial charge is 0.255 e. The summed E-state index contributed by atoms with van der Waals surface area (Å²) in [6, 6.07) is 6.54. The molecule has 0 N–H and O–H groups in total. The Labute approximate surface area is 171 Å². The van der Waals surface area contributed by atoms with Crippen LogP contribution < -0.4 is 0 Å². The Kier molecular flexibility index (Phi) is 6.52. The summed E-state index contributed by atoms with van der Waals surface area (Å²) < 4.78 is 25.3. The van der Waals surface area contributed by atoms with Gasteiger partial charge in [0.2, 0.25) is 0 Å². The second-order valence-electron chi connectivity index (χ2n) is 7.24. The molecule has 1 amide bonds. The highest BCUT2D eigenvalue weighted by Gasteiger charge is 2.29. The number of hydrogen-bond acceptors (Lipinski definition) is 6. The molecule has 2 heterocycles. The minimum atomic E-state index is -3.51. The van der Waals surface area contributed by atoms with E-state index < -0.39 is 15.1 Å². The molecule has 0 unspecified atom stereocenters. The molecule has 0 spiro atoms. The normalized spacial score (nSPS) is 15.9. The molecule has 1 aromatic heterocycles. The average molecular weight is 422 g/mol. The van der Waals surface area contributed by atoms with Gasteiger partial charge >= 0.3 is 0 Å². The molecule has 0 atom stereocenters. The van der Waals surface area contributed by atoms with Crippen LogP contribution in [0.2, 0.25) is 0 Å². The molecule has 6 nitrogen and oxygen atoms in total. The second kappa shape index (κ2) is 8.71. The lowest BCUT2D eigenvalue weighted by molar-refractivity contribution is 0.0623. The summed E-state index contributed by atoms with van der Waals surface area (Å²) in [7, 11) is -3.51. The number of nitrogens with zero attached hydrogens (tertiary/aromatic N) is 3. The fourth-order valence-electron chi connectivity index (χ4n) is 3.24. The second-order valence-corrected chi connectivity index (χ2v) is 10.7. The molecule has 1 aliphatic rings. The number of piperazine rings is 1. The van der Waals surface area contributed by atoms with Crippen LogP contribution in [0.25, 0.3) is 0 Å². The molecule has 1 fully saturated rings. The van der Waals surface area contributed by atoms with Gasteiger partial charge < -0.3 is 4.90 Å². The third-order valence-corrected chi connectivity index (χ3v) is 8.24. The molecule has 8 heteroatoms. The summed E-state index contributed by atoms with van der Waals surface area (Å²) in [6.07, 6.45) is 0.950. The number of benzene rings is 1. The quantitative estimate of drug-likeness (QED) is 0.717. The van der Waals surface area contributed by atoms with Gasteiger partial charge in [0.25, 0.3) is 5.91 Å². The fourth-order valence-corrected chi connectivity index (χ4v) is 5.21. The molecule has 3 rings (SSSR count). The Morgan fingerprint density at radius 1 is 1.18 bits per heavy atom. The van der Waals surface area contributed by atoms with Gasteiger partial charge in [0.15, 0.2) is 9.84 Å². The Balaban J connectivity index is 1.67. The number of hydrogen-bond donors (Lipinski definition) is 0. The molecule has 28 heavy (non-hydrogen) atoms. The summed E-state index contributed by atoms with van der Waals surface area (Å²) in [6.45, 7) is 8.84. The van der Waals surface area contributed by atoms with Crippen molar-refractivity contribution in [3.8, 4) is 0 Å². The maximum atomic E-state index is 13.0. The number of carbonyl (C=O) groups is 1. The molecule has 1 aromatic carbocycles. The van der Waals surface area contributed by atoms with Gasteiger partial charge in [0, 0.05) is 38.1 Å². The van der Waals surface area contributed by atoms with Crippen LogP contribution in [0.15, 0.2) is 34.5 Å². The maximum absolute atomic E-state index is 13.0. The van der Waals surface area contributed by atoms with Crippen molar-refractivity contribution < 1.29 is 13.2 Å². The molecule has 0 aliphatic carbocycles. The van der Waals surface area contributed by atoms with E-state index in [1.165, 1.54) is 6.07 Å². The molecule has 0 radical (unpaired) electrons. The lowest BCUT2D eigenvalue weighted by atomic mass is 10.1. The molecule has 0 saturated carbocycles. The Hall–Kier alpha value is -1.77. The van der Waals surface area contributed by atoms with Crippen LogP contribution in [0.3, 0.4) is 0 Å². The predicted molar refractivity (Wildman–Crippen MR) is 111 cm³/mol. The zero-order chi connectivity index (χ0) is 20.3. The van der Waals surface area contributed by atoms with Gasteiger partial charge in [0.05, 0.1) is 26.4 Å². The van der Waals surface area contributed by atoms with Gasteiger partial charge in [-0.3, -0.25) is 9.69 Å². The van der Waals surface area contributed by atoms with Gasteiger partial charge in [-0.25, -0.2) is 13.4 Å². The maximum Gasteiger partial charge on any atom is 0.255 e. The summed E-state index contributed by atoms with van der Waals surface area (Å²) in [5, 5.41) is 2.68. The van der Waals surface area contributed by atoms with Crippen molar-refractivity contribution in [1.29, 1.82) is 0 Å². The van der Waals surface area contributed by atoms with E-state index in [-0.39, 0.29) is 16.4 Å². The van der Waals surface area contributed by atoms with Gasteiger partial charge in [-0.1, -0.05) is 19.1 Å². The standard InChI is InChI=1S/C20H27N3O3S2/c1-4-19-21-16(14-27-19)13-22-9-11-23(12-10-22)20(24)17-7-5-6-8-18(17)28(25,26)15(2)3/h5-8,14-15H,4,9-13H2,1-3H3. The van der Waals surface area contributed by atoms with E-state index in [2.05, 4.69) is 22.2 Å². The lowest BCUT2D eigenvalue weighted by Crippen LogP contribution is -2.48. The van der Waals surface area contributed by atoms with Crippen molar-refractivity contribution in [3.63, 3.8) is 0 Å². The third-order valence-electron chi connectivity index (χ3n) is 4.99. The largest absolute Gasteiger partial charge is 0.336 e. The van der Waals surface area contributed by atoms with Crippen molar-refractivity contribution in [3.05, 3.63) is 45.9 Å². The Bertz CT molecular complexity index is 930. The number of sulfone groups is 1. The predicted octanol–water partition coefficient (Wildman–Crippen LogP) is 2.85. The first kappa shape index (κ1) is 21.0. The minimum absolute atomic E-state index is 0.131. The number of aromatic nitrogens is 1. The number of rotatable bonds is 6. The lowest BCUT2D eigenvalue weighted by Gasteiger charge is -2.34. The van der Waals surface area contributed by atoms with Crippen LogP contribution in [-0.4, -0.2) is 60.5 Å². The summed E-state index contributed by atoms with van der Waals surface area (Å²) >= 11 is 1.69. The molecule has 152 valence electrons. The highest BCUT2D eigenvalue weighted by molar-refractivity contribution is 7.92. The third kappa shape index (κ3) is 4.45. The molecular weight excluding hydrogens is 394 g/mol. The first-order chi connectivity index (χ1) is 13.3. The monoisotopic (exact) mass is 421 g/mol. The van der Waals surface area contributed by atoms with E-state index in [0.717, 1.165) is 36.8 Å². The van der Waals surface area contributed by atoms with E-state index in [4.69, 9.17) is 0 Å². The first-order valence-electron chi connectivity index (χ1n) is 9.60.